The van der Waals surface area contributed by atoms with Crippen LogP contribution in [-0.2, 0) is 12.7 Å². The van der Waals surface area contributed by atoms with Crippen molar-refractivity contribution >= 4 is 32.5 Å². The van der Waals surface area contributed by atoms with Crippen molar-refractivity contribution in [1.29, 1.82) is 0 Å². The molecule has 0 unspecified atom stereocenters. The van der Waals surface area contributed by atoms with E-state index >= 15 is 0 Å². The van der Waals surface area contributed by atoms with E-state index in [1.165, 1.54) is 13.2 Å². The highest BCUT2D eigenvalue weighted by Gasteiger charge is 2.34. The zero-order valence-electron chi connectivity index (χ0n) is 19.0. The predicted molar refractivity (Wildman–Crippen MR) is 131 cm³/mol. The first-order valence-corrected chi connectivity index (χ1v) is 11.2. The fourth-order valence-corrected chi connectivity index (χ4v) is 4.29. The number of ether oxygens (including phenoxy) is 3. The van der Waals surface area contributed by atoms with Crippen molar-refractivity contribution in [2.75, 3.05) is 26.6 Å². The molecule has 4 rings (SSSR count). The number of benzene rings is 3. The van der Waals surface area contributed by atoms with Crippen molar-refractivity contribution in [1.82, 2.24) is 10.2 Å². The van der Waals surface area contributed by atoms with Crippen LogP contribution in [0.1, 0.15) is 11.1 Å². The number of nitrogens with zero attached hydrogens (tertiary/aromatic N) is 2. The average Bonchev–Trinajstić information content (AvgIpc) is 2.86. The molecule has 3 aromatic carbocycles. The molecule has 6 nitrogen and oxygen atoms in total. The molecule has 0 spiro atoms. The molecule has 182 valence electrons. The number of rotatable bonds is 7. The molecule has 0 saturated heterocycles. The molecular formula is C25H21BrF3N3O3. The van der Waals surface area contributed by atoms with Gasteiger partial charge >= 0.3 is 6.18 Å². The van der Waals surface area contributed by atoms with E-state index in [9.17, 15) is 13.2 Å². The van der Waals surface area contributed by atoms with Gasteiger partial charge in [-0.3, -0.25) is 0 Å². The highest BCUT2D eigenvalue weighted by Crippen LogP contribution is 2.42. The summed E-state index contributed by atoms with van der Waals surface area (Å²) in [6, 6.07) is 13.4. The number of hydrogen-bond donors (Lipinski definition) is 1. The van der Waals surface area contributed by atoms with Gasteiger partial charge in [0, 0.05) is 33.6 Å². The number of nitrogens with one attached hydrogen (secondary N) is 1. The maximum atomic E-state index is 13.3. The Bertz CT molecular complexity index is 1380. The van der Waals surface area contributed by atoms with Gasteiger partial charge in [0.15, 0.2) is 0 Å². The summed E-state index contributed by atoms with van der Waals surface area (Å²) in [6.45, 7) is 0.468. The fraction of sp³-hybridized carbons (Fsp3) is 0.200. The highest BCUT2D eigenvalue weighted by molar-refractivity contribution is 9.10. The second kappa shape index (κ2) is 9.99. The van der Waals surface area contributed by atoms with Crippen molar-refractivity contribution in [3.63, 3.8) is 0 Å². The Morgan fingerprint density at radius 3 is 2.37 bits per heavy atom. The lowest BCUT2D eigenvalue weighted by molar-refractivity contribution is -0.138. The lowest BCUT2D eigenvalue weighted by Gasteiger charge is -2.16. The van der Waals surface area contributed by atoms with Gasteiger partial charge in [0.25, 0.3) is 0 Å². The third kappa shape index (κ3) is 5.12. The van der Waals surface area contributed by atoms with Crippen molar-refractivity contribution in [3.05, 3.63) is 70.3 Å². The van der Waals surface area contributed by atoms with Crippen molar-refractivity contribution in [2.45, 2.75) is 12.7 Å². The Morgan fingerprint density at radius 2 is 1.69 bits per heavy atom. The number of anilines is 1. The lowest BCUT2D eigenvalue weighted by atomic mass is 10.0. The monoisotopic (exact) mass is 547 g/mol. The minimum atomic E-state index is -4.51. The lowest BCUT2D eigenvalue weighted by Crippen LogP contribution is -2.07. The van der Waals surface area contributed by atoms with E-state index in [-0.39, 0.29) is 10.2 Å². The van der Waals surface area contributed by atoms with Crippen LogP contribution in [0.3, 0.4) is 0 Å². The van der Waals surface area contributed by atoms with E-state index < -0.39 is 11.7 Å². The molecule has 0 fully saturated rings. The molecule has 0 aliphatic heterocycles. The van der Waals surface area contributed by atoms with Gasteiger partial charge in [0.2, 0.25) is 0 Å². The summed E-state index contributed by atoms with van der Waals surface area (Å²) in [5.74, 6) is 1.48. The molecule has 0 bridgehead atoms. The second-order valence-corrected chi connectivity index (χ2v) is 8.41. The summed E-state index contributed by atoms with van der Waals surface area (Å²) in [5.41, 5.74) is 2.59. The first-order chi connectivity index (χ1) is 16.7. The van der Waals surface area contributed by atoms with E-state index in [1.54, 1.807) is 32.5 Å². The molecule has 0 aliphatic carbocycles. The fourth-order valence-electron chi connectivity index (χ4n) is 3.72. The molecular weight excluding hydrogens is 527 g/mol. The molecule has 1 N–H and O–H groups in total. The van der Waals surface area contributed by atoms with E-state index in [0.29, 0.717) is 34.7 Å². The summed E-state index contributed by atoms with van der Waals surface area (Å²) in [5, 5.41) is 12.5. The number of halogens is 4. The van der Waals surface area contributed by atoms with Crippen LogP contribution in [-0.4, -0.2) is 31.5 Å². The van der Waals surface area contributed by atoms with Crippen molar-refractivity contribution in [2.24, 2.45) is 0 Å². The third-order valence-corrected chi connectivity index (χ3v) is 6.17. The molecule has 0 amide bonds. The maximum Gasteiger partial charge on any atom is 0.417 e. The number of fused-ring (bicyclic) bond motifs is 1. The molecule has 0 aliphatic rings. The van der Waals surface area contributed by atoms with Gasteiger partial charge in [-0.1, -0.05) is 22.0 Å². The van der Waals surface area contributed by atoms with Gasteiger partial charge in [0.1, 0.15) is 17.2 Å². The normalized spacial score (nSPS) is 11.4. The number of alkyl halides is 3. The SMILES string of the molecule is COc1ccc(CNc2cnnc3cc(-c4cc(Br)c(C(F)(F)F)cc4OC)ccc23)c(OC)c1. The topological polar surface area (TPSA) is 65.5 Å². The van der Waals surface area contributed by atoms with E-state index in [0.717, 1.165) is 22.7 Å². The van der Waals surface area contributed by atoms with Crippen LogP contribution in [0.5, 0.6) is 17.2 Å². The summed E-state index contributed by atoms with van der Waals surface area (Å²) < 4.78 is 55.8. The van der Waals surface area contributed by atoms with Crippen LogP contribution < -0.4 is 19.5 Å². The number of methoxy groups -OCH3 is 3. The third-order valence-electron chi connectivity index (χ3n) is 5.51. The Kier molecular flexibility index (Phi) is 7.02. The Hall–Kier alpha value is -3.53. The quantitative estimate of drug-likeness (QED) is 0.277. The molecule has 0 radical (unpaired) electrons. The summed E-state index contributed by atoms with van der Waals surface area (Å²) >= 11 is 3.04. The maximum absolute atomic E-state index is 13.3. The van der Waals surface area contributed by atoms with Crippen LogP contribution in [0.25, 0.3) is 22.0 Å². The van der Waals surface area contributed by atoms with Gasteiger partial charge < -0.3 is 19.5 Å². The summed E-state index contributed by atoms with van der Waals surface area (Å²) in [4.78, 5) is 0. The largest absolute Gasteiger partial charge is 0.497 e. The van der Waals surface area contributed by atoms with E-state index in [2.05, 4.69) is 31.4 Å². The van der Waals surface area contributed by atoms with Crippen LogP contribution in [0, 0.1) is 0 Å². The minimum Gasteiger partial charge on any atom is -0.497 e. The molecule has 4 aromatic rings. The van der Waals surface area contributed by atoms with Gasteiger partial charge in [-0.15, -0.1) is 0 Å². The zero-order valence-corrected chi connectivity index (χ0v) is 20.6. The van der Waals surface area contributed by atoms with Crippen LogP contribution in [0.4, 0.5) is 18.9 Å². The average molecular weight is 548 g/mol. The van der Waals surface area contributed by atoms with E-state index in [4.69, 9.17) is 14.2 Å². The minimum absolute atomic E-state index is 0.0733. The van der Waals surface area contributed by atoms with Crippen LogP contribution in [0.15, 0.2) is 59.2 Å². The van der Waals surface area contributed by atoms with Gasteiger partial charge in [-0.2, -0.15) is 23.4 Å². The van der Waals surface area contributed by atoms with Crippen LogP contribution >= 0.6 is 15.9 Å². The number of hydrogen-bond acceptors (Lipinski definition) is 6. The first-order valence-electron chi connectivity index (χ1n) is 10.4. The predicted octanol–water partition coefficient (Wildman–Crippen LogP) is 6.72. The Balaban J connectivity index is 1.67. The molecule has 0 saturated carbocycles. The van der Waals surface area contributed by atoms with Gasteiger partial charge in [-0.25, -0.2) is 0 Å². The molecule has 0 atom stereocenters. The first kappa shape index (κ1) is 24.6. The van der Waals surface area contributed by atoms with Crippen molar-refractivity contribution < 1.29 is 27.4 Å². The molecule has 35 heavy (non-hydrogen) atoms. The second-order valence-electron chi connectivity index (χ2n) is 7.55. The van der Waals surface area contributed by atoms with E-state index in [1.807, 2.05) is 24.3 Å². The summed E-state index contributed by atoms with van der Waals surface area (Å²) in [7, 11) is 4.52. The molecule has 1 heterocycles. The van der Waals surface area contributed by atoms with Crippen molar-refractivity contribution in [3.8, 4) is 28.4 Å². The Labute approximate surface area is 208 Å². The zero-order chi connectivity index (χ0) is 25.2. The molecule has 10 heteroatoms. The highest BCUT2D eigenvalue weighted by atomic mass is 79.9. The Morgan fingerprint density at radius 1 is 0.914 bits per heavy atom. The van der Waals surface area contributed by atoms with Gasteiger partial charge in [0.05, 0.1) is 44.3 Å². The summed E-state index contributed by atoms with van der Waals surface area (Å²) in [6.07, 6.45) is -2.89. The number of aromatic nitrogens is 2. The van der Waals surface area contributed by atoms with Gasteiger partial charge in [-0.05, 0) is 42.0 Å². The standard InChI is InChI=1S/C25H21BrF3N3O3/c1-33-16-6-4-15(23(9-16)34-2)12-30-22-13-31-32-21-8-14(5-7-17(21)22)18-10-20(26)19(25(27,28)29)11-24(18)35-3/h4-11,13H,12H2,1-3H3,(H,30,32). The molecule has 1 aromatic heterocycles. The smallest absolute Gasteiger partial charge is 0.417 e. The van der Waals surface area contributed by atoms with Crippen LogP contribution in [0.2, 0.25) is 0 Å².